The monoisotopic (exact) mass is 510 g/mol. The van der Waals surface area contributed by atoms with Gasteiger partial charge in [0, 0.05) is 67.2 Å². The number of aromatic amines is 2. The highest BCUT2D eigenvalue weighted by molar-refractivity contribution is 5.92. The number of hydrogen-bond acceptors (Lipinski definition) is 6. The van der Waals surface area contributed by atoms with Gasteiger partial charge in [-0.3, -0.25) is 25.0 Å². The van der Waals surface area contributed by atoms with E-state index in [-0.39, 0.29) is 18.9 Å². The number of H-pyrrole nitrogens is 2. The minimum atomic E-state index is -2.60. The number of halogens is 2. The van der Waals surface area contributed by atoms with Gasteiger partial charge in [0.15, 0.2) is 5.82 Å². The number of fused-ring (bicyclic) bond motifs is 2. The van der Waals surface area contributed by atoms with Crippen LogP contribution in [0.1, 0.15) is 29.9 Å². The summed E-state index contributed by atoms with van der Waals surface area (Å²) in [5.74, 6) is -1.85. The number of aromatic nitrogens is 7. The molecule has 0 radical (unpaired) electrons. The Kier molecular flexibility index (Phi) is 5.36. The summed E-state index contributed by atoms with van der Waals surface area (Å²) in [6.07, 6.45) is 15.7. The highest BCUT2D eigenvalue weighted by Gasteiger charge is 2.38. The van der Waals surface area contributed by atoms with Crippen molar-refractivity contribution in [2.24, 2.45) is 0 Å². The molecule has 2 aliphatic rings. The van der Waals surface area contributed by atoms with Crippen LogP contribution in [0.5, 0.6) is 0 Å². The second-order valence-corrected chi connectivity index (χ2v) is 9.96. The molecule has 38 heavy (non-hydrogen) atoms. The zero-order valence-electron chi connectivity index (χ0n) is 20.4. The molecule has 5 aromatic heterocycles. The van der Waals surface area contributed by atoms with E-state index in [1.165, 1.54) is 0 Å². The molecule has 190 valence electrons. The second kappa shape index (κ2) is 8.91. The first-order chi connectivity index (χ1) is 18.5. The molecule has 0 aromatic carbocycles. The summed E-state index contributed by atoms with van der Waals surface area (Å²) in [6, 6.07) is 5.95. The Hall–Kier alpha value is -4.31. The Balaban J connectivity index is 1.22. The summed E-state index contributed by atoms with van der Waals surface area (Å²) in [6.45, 7) is 0.679. The lowest BCUT2D eigenvalue weighted by Crippen LogP contribution is -2.28. The number of nitrogens with one attached hydrogen (secondary N) is 2. The van der Waals surface area contributed by atoms with Crippen LogP contribution < -0.4 is 10.6 Å². The SMILES string of the molecule is FC1(F)CCN(Cc2cncc(C3C=c4c(-c5nc6c(-c7ccncc7)cncc6[nH]5)n[nH]c4=CC3)c2)C1. The number of imidazole rings is 1. The number of rotatable bonds is 5. The van der Waals surface area contributed by atoms with Gasteiger partial charge >= 0.3 is 0 Å². The molecule has 6 heterocycles. The normalized spacial score (nSPS) is 18.7. The van der Waals surface area contributed by atoms with Gasteiger partial charge in [0.25, 0.3) is 5.92 Å². The topological polar surface area (TPSA) is 99.3 Å². The molecular weight excluding hydrogens is 486 g/mol. The highest BCUT2D eigenvalue weighted by Crippen LogP contribution is 2.30. The van der Waals surface area contributed by atoms with Crippen LogP contribution in [0.15, 0.2) is 55.4 Å². The van der Waals surface area contributed by atoms with Gasteiger partial charge in [0.05, 0.1) is 29.1 Å². The van der Waals surface area contributed by atoms with Gasteiger partial charge in [-0.15, -0.1) is 0 Å². The first-order valence-corrected chi connectivity index (χ1v) is 12.6. The van der Waals surface area contributed by atoms with Crippen molar-refractivity contribution in [2.75, 3.05) is 13.1 Å². The molecule has 8 nitrogen and oxygen atoms in total. The Morgan fingerprint density at radius 3 is 2.76 bits per heavy atom. The van der Waals surface area contributed by atoms with E-state index in [2.05, 4.69) is 48.4 Å². The zero-order valence-corrected chi connectivity index (χ0v) is 20.4. The third-order valence-electron chi connectivity index (χ3n) is 7.29. The van der Waals surface area contributed by atoms with Gasteiger partial charge in [-0.1, -0.05) is 18.2 Å². The highest BCUT2D eigenvalue weighted by atomic mass is 19.3. The third-order valence-corrected chi connectivity index (χ3v) is 7.29. The number of hydrogen-bond donors (Lipinski definition) is 2. The average molecular weight is 511 g/mol. The van der Waals surface area contributed by atoms with Crippen molar-refractivity contribution < 1.29 is 8.78 Å². The van der Waals surface area contributed by atoms with Crippen LogP contribution in [-0.2, 0) is 6.54 Å². The molecule has 0 bridgehead atoms. The molecule has 1 fully saturated rings. The van der Waals surface area contributed by atoms with Gasteiger partial charge in [0.1, 0.15) is 5.69 Å². The van der Waals surface area contributed by atoms with E-state index in [1.54, 1.807) is 29.7 Å². The molecule has 0 spiro atoms. The second-order valence-electron chi connectivity index (χ2n) is 9.96. The van der Waals surface area contributed by atoms with E-state index in [1.807, 2.05) is 24.5 Å². The third kappa shape index (κ3) is 4.16. The van der Waals surface area contributed by atoms with Crippen LogP contribution in [-0.4, -0.2) is 59.0 Å². The summed E-state index contributed by atoms with van der Waals surface area (Å²) in [5.41, 5.74) is 6.29. The summed E-state index contributed by atoms with van der Waals surface area (Å²) in [7, 11) is 0. The average Bonchev–Trinajstić information content (AvgIpc) is 3.64. The van der Waals surface area contributed by atoms with Crippen molar-refractivity contribution in [1.82, 2.24) is 40.0 Å². The Labute approximate surface area is 216 Å². The molecule has 1 saturated heterocycles. The zero-order chi connectivity index (χ0) is 25.7. The van der Waals surface area contributed by atoms with E-state index < -0.39 is 5.92 Å². The Bertz CT molecular complexity index is 1760. The molecule has 2 N–H and O–H groups in total. The first kappa shape index (κ1) is 22.9. The van der Waals surface area contributed by atoms with E-state index in [4.69, 9.17) is 4.98 Å². The lowest BCUT2D eigenvalue weighted by Gasteiger charge is -2.18. The minimum Gasteiger partial charge on any atom is -0.335 e. The summed E-state index contributed by atoms with van der Waals surface area (Å²) < 4.78 is 27.3. The molecule has 7 rings (SSSR count). The molecular formula is C28H24F2N8. The van der Waals surface area contributed by atoms with Crippen LogP contribution in [0.2, 0.25) is 0 Å². The lowest BCUT2D eigenvalue weighted by molar-refractivity contribution is 0.0115. The minimum absolute atomic E-state index is 0.0839. The number of alkyl halides is 2. The number of likely N-dealkylation sites (tertiary alicyclic amines) is 1. The quantitative estimate of drug-likeness (QED) is 0.376. The molecule has 1 unspecified atom stereocenters. The van der Waals surface area contributed by atoms with Gasteiger partial charge in [-0.2, -0.15) is 5.10 Å². The summed E-state index contributed by atoms with van der Waals surface area (Å²) >= 11 is 0. The predicted molar refractivity (Wildman–Crippen MR) is 139 cm³/mol. The number of pyridine rings is 3. The van der Waals surface area contributed by atoms with E-state index in [0.29, 0.717) is 18.9 Å². The Morgan fingerprint density at radius 1 is 1.05 bits per heavy atom. The van der Waals surface area contributed by atoms with Crippen molar-refractivity contribution in [3.63, 3.8) is 0 Å². The van der Waals surface area contributed by atoms with E-state index >= 15 is 0 Å². The fraction of sp³-hybridized carbons (Fsp3) is 0.250. The van der Waals surface area contributed by atoms with Gasteiger partial charge in [-0.05, 0) is 35.2 Å². The largest absolute Gasteiger partial charge is 0.335 e. The lowest BCUT2D eigenvalue weighted by atomic mass is 9.92. The first-order valence-electron chi connectivity index (χ1n) is 12.6. The molecule has 5 aromatic rings. The van der Waals surface area contributed by atoms with Crippen molar-refractivity contribution >= 4 is 23.2 Å². The predicted octanol–water partition coefficient (Wildman–Crippen LogP) is 3.39. The van der Waals surface area contributed by atoms with Crippen molar-refractivity contribution in [3.05, 3.63) is 77.1 Å². The van der Waals surface area contributed by atoms with Crippen LogP contribution in [0.25, 0.3) is 45.8 Å². The van der Waals surface area contributed by atoms with Gasteiger partial charge in [0.2, 0.25) is 0 Å². The Morgan fingerprint density at radius 2 is 1.92 bits per heavy atom. The van der Waals surface area contributed by atoms with Crippen molar-refractivity contribution in [2.45, 2.75) is 31.2 Å². The van der Waals surface area contributed by atoms with Crippen LogP contribution in [0, 0.1) is 0 Å². The maximum absolute atomic E-state index is 13.6. The standard InChI is InChI=1S/C28H24F2N8/c29-28(30)5-8-38(16-28)15-17-9-20(12-32-11-17)19-1-2-23-21(10-19)26(37-36-23)27-34-24-14-33-13-22(25(24)35-27)18-3-6-31-7-4-18/h2-4,6-7,9-14,19,36H,1,5,8,15-16H2,(H,34,35). The van der Waals surface area contributed by atoms with Crippen molar-refractivity contribution in [1.29, 1.82) is 0 Å². The number of nitrogens with zero attached hydrogens (tertiary/aromatic N) is 6. The summed E-state index contributed by atoms with van der Waals surface area (Å²) in [5, 5.41) is 9.66. The maximum Gasteiger partial charge on any atom is 0.261 e. The molecule has 1 atom stereocenters. The van der Waals surface area contributed by atoms with Gasteiger partial charge < -0.3 is 4.98 Å². The molecule has 1 aliphatic heterocycles. The molecule has 10 heteroatoms. The van der Waals surface area contributed by atoms with Crippen LogP contribution >= 0.6 is 0 Å². The van der Waals surface area contributed by atoms with Crippen LogP contribution in [0.3, 0.4) is 0 Å². The van der Waals surface area contributed by atoms with Gasteiger partial charge in [-0.25, -0.2) is 13.8 Å². The fourth-order valence-corrected chi connectivity index (χ4v) is 5.40. The summed E-state index contributed by atoms with van der Waals surface area (Å²) in [4.78, 5) is 23.0. The molecule has 1 aliphatic carbocycles. The molecule has 0 saturated carbocycles. The van der Waals surface area contributed by atoms with Crippen LogP contribution in [0.4, 0.5) is 8.78 Å². The smallest absolute Gasteiger partial charge is 0.261 e. The maximum atomic E-state index is 13.6. The van der Waals surface area contributed by atoms with Crippen molar-refractivity contribution in [3.8, 4) is 22.6 Å². The fourth-order valence-electron chi connectivity index (χ4n) is 5.40. The van der Waals surface area contributed by atoms with E-state index in [0.717, 1.165) is 56.0 Å². The molecule has 0 amide bonds. The van der Waals surface area contributed by atoms with E-state index in [9.17, 15) is 8.78 Å².